The lowest BCUT2D eigenvalue weighted by molar-refractivity contribution is -0.139. The van der Waals surface area contributed by atoms with E-state index in [1.54, 1.807) is 0 Å². The minimum atomic E-state index is -5.11. The summed E-state index contributed by atoms with van der Waals surface area (Å²) in [4.78, 5) is 11.4. The number of hydrogen-bond donors (Lipinski definition) is 0. The maximum Gasteiger partial charge on any atom is 0.416 e. The molecule has 0 bridgehead atoms. The second-order valence-corrected chi connectivity index (χ2v) is 3.62. The molecule has 0 aliphatic carbocycles. The Morgan fingerprint density at radius 2 is 2.00 bits per heavy atom. The summed E-state index contributed by atoms with van der Waals surface area (Å²) in [6.45, 7) is 1.33. The molecule has 8 heteroatoms. The molecule has 108 valence electrons. The minimum Gasteiger partial charge on any atom is -0.462 e. The maximum atomic E-state index is 12.8. The maximum absolute atomic E-state index is 12.8. The van der Waals surface area contributed by atoms with Crippen LogP contribution in [0.25, 0.3) is 0 Å². The van der Waals surface area contributed by atoms with Gasteiger partial charge in [-0.1, -0.05) is 0 Å². The van der Waals surface area contributed by atoms with Crippen LogP contribution >= 0.6 is 0 Å². The number of rotatable bonds is 3. The molecule has 1 rings (SSSR count). The minimum absolute atomic E-state index is 0.0985. The number of carbonyl (C=O) groups is 1. The molecule has 0 fully saturated rings. The molecular formula is C12H8F5NO2. The third kappa shape index (κ3) is 3.23. The van der Waals surface area contributed by atoms with Gasteiger partial charge in [-0.25, -0.2) is 13.6 Å². The Hall–Kier alpha value is -2.17. The summed E-state index contributed by atoms with van der Waals surface area (Å²) < 4.78 is 68.2. The van der Waals surface area contributed by atoms with Gasteiger partial charge in [-0.2, -0.15) is 18.4 Å². The predicted octanol–water partition coefficient (Wildman–Crippen LogP) is 3.69. The van der Waals surface area contributed by atoms with Crippen molar-refractivity contribution in [2.24, 2.45) is 0 Å². The van der Waals surface area contributed by atoms with E-state index in [1.807, 2.05) is 0 Å². The number of nitriles is 1. The van der Waals surface area contributed by atoms with Crippen molar-refractivity contribution in [2.75, 3.05) is 6.61 Å². The van der Waals surface area contributed by atoms with E-state index >= 15 is 0 Å². The van der Waals surface area contributed by atoms with Crippen LogP contribution in [0.1, 0.15) is 40.4 Å². The van der Waals surface area contributed by atoms with Crippen molar-refractivity contribution in [1.82, 2.24) is 0 Å². The summed E-state index contributed by atoms with van der Waals surface area (Å²) in [5.41, 5.74) is -4.65. The van der Waals surface area contributed by atoms with Crippen LogP contribution in [-0.4, -0.2) is 12.6 Å². The first kappa shape index (κ1) is 15.9. The molecule has 3 nitrogen and oxygen atoms in total. The first-order chi connectivity index (χ1) is 9.22. The molecule has 0 amide bonds. The van der Waals surface area contributed by atoms with Gasteiger partial charge in [0.1, 0.15) is 0 Å². The summed E-state index contributed by atoms with van der Waals surface area (Å²) in [5.74, 6) is -1.12. The van der Waals surface area contributed by atoms with Crippen molar-refractivity contribution < 1.29 is 31.5 Å². The lowest BCUT2D eigenvalue weighted by atomic mass is 9.98. The molecule has 1 aromatic carbocycles. The van der Waals surface area contributed by atoms with E-state index in [0.717, 1.165) is 0 Å². The zero-order valence-corrected chi connectivity index (χ0v) is 10.1. The van der Waals surface area contributed by atoms with Gasteiger partial charge in [0.15, 0.2) is 0 Å². The van der Waals surface area contributed by atoms with Gasteiger partial charge >= 0.3 is 12.1 Å². The molecule has 1 aromatic rings. The molecule has 0 radical (unpaired) electrons. The number of hydrogen-bond acceptors (Lipinski definition) is 3. The van der Waals surface area contributed by atoms with Crippen LogP contribution in [0.15, 0.2) is 12.1 Å². The van der Waals surface area contributed by atoms with Crippen molar-refractivity contribution in [2.45, 2.75) is 19.5 Å². The molecule has 0 N–H and O–H groups in total. The van der Waals surface area contributed by atoms with Gasteiger partial charge in [-0.3, -0.25) is 0 Å². The number of esters is 1. The molecule has 0 heterocycles. The van der Waals surface area contributed by atoms with Crippen molar-refractivity contribution >= 4 is 5.97 Å². The van der Waals surface area contributed by atoms with Crippen LogP contribution in [0.3, 0.4) is 0 Å². The first-order valence-electron chi connectivity index (χ1n) is 5.32. The summed E-state index contributed by atoms with van der Waals surface area (Å²) in [5, 5.41) is 8.69. The number of halogens is 5. The Morgan fingerprint density at radius 3 is 2.40 bits per heavy atom. The van der Waals surface area contributed by atoms with Crippen LogP contribution < -0.4 is 0 Å². The molecule has 20 heavy (non-hydrogen) atoms. The summed E-state index contributed by atoms with van der Waals surface area (Å²) in [6.07, 6.45) is -8.60. The summed E-state index contributed by atoms with van der Waals surface area (Å²) in [6, 6.07) is 2.16. The van der Waals surface area contributed by atoms with Crippen LogP contribution in [0, 0.1) is 11.3 Å². The van der Waals surface area contributed by atoms with Crippen molar-refractivity contribution in [3.05, 3.63) is 34.4 Å². The zero-order valence-electron chi connectivity index (χ0n) is 10.1. The molecule has 0 unspecified atom stereocenters. The van der Waals surface area contributed by atoms with Gasteiger partial charge in [-0.15, -0.1) is 0 Å². The largest absolute Gasteiger partial charge is 0.462 e. The van der Waals surface area contributed by atoms with Crippen LogP contribution in [0.2, 0.25) is 0 Å². The van der Waals surface area contributed by atoms with Gasteiger partial charge in [0.05, 0.1) is 29.4 Å². The highest BCUT2D eigenvalue weighted by Gasteiger charge is 2.38. The topological polar surface area (TPSA) is 50.1 Å². The van der Waals surface area contributed by atoms with Gasteiger partial charge in [0.2, 0.25) is 0 Å². The van der Waals surface area contributed by atoms with E-state index in [2.05, 4.69) is 4.74 Å². The monoisotopic (exact) mass is 293 g/mol. The number of ether oxygens (including phenoxy) is 1. The fourth-order valence-corrected chi connectivity index (χ4v) is 1.55. The molecular weight excluding hydrogens is 285 g/mol. The predicted molar refractivity (Wildman–Crippen MR) is 57.1 cm³/mol. The Bertz CT molecular complexity index is 560. The number of carbonyl (C=O) groups excluding carboxylic acids is 1. The average Bonchev–Trinajstić information content (AvgIpc) is 2.36. The molecule has 0 saturated carbocycles. The highest BCUT2D eigenvalue weighted by molar-refractivity contribution is 5.90. The second-order valence-electron chi connectivity index (χ2n) is 3.62. The third-order valence-electron chi connectivity index (χ3n) is 2.34. The Balaban J connectivity index is 3.57. The fraction of sp³-hybridized carbons (Fsp3) is 0.333. The molecule has 0 aromatic heterocycles. The Morgan fingerprint density at radius 1 is 1.40 bits per heavy atom. The van der Waals surface area contributed by atoms with E-state index < -0.39 is 40.8 Å². The number of nitrogens with zero attached hydrogens (tertiary/aromatic N) is 1. The van der Waals surface area contributed by atoms with E-state index in [0.29, 0.717) is 6.07 Å². The molecule has 0 atom stereocenters. The SMILES string of the molecule is CCOC(=O)c1cc(C#N)c(C(F)F)c(C(F)(F)F)c1. The average molecular weight is 293 g/mol. The lowest BCUT2D eigenvalue weighted by Crippen LogP contribution is -2.15. The summed E-state index contributed by atoms with van der Waals surface area (Å²) >= 11 is 0. The van der Waals surface area contributed by atoms with E-state index in [1.165, 1.54) is 13.0 Å². The smallest absolute Gasteiger partial charge is 0.416 e. The zero-order chi connectivity index (χ0) is 15.5. The first-order valence-corrected chi connectivity index (χ1v) is 5.32. The number of benzene rings is 1. The van der Waals surface area contributed by atoms with Gasteiger partial charge in [-0.05, 0) is 19.1 Å². The van der Waals surface area contributed by atoms with Gasteiger partial charge in [0.25, 0.3) is 6.43 Å². The van der Waals surface area contributed by atoms with Crippen molar-refractivity contribution in [3.63, 3.8) is 0 Å². The standard InChI is InChI=1S/C12H8F5NO2/c1-2-20-11(19)6-3-7(5-18)9(10(13)14)8(4-6)12(15,16)17/h3-4,10H,2H2,1H3. The number of alkyl halides is 5. The normalized spacial score (nSPS) is 11.3. The molecule has 0 aliphatic heterocycles. The fourth-order valence-electron chi connectivity index (χ4n) is 1.55. The lowest BCUT2D eigenvalue weighted by Gasteiger charge is -2.15. The highest BCUT2D eigenvalue weighted by atomic mass is 19.4. The van der Waals surface area contributed by atoms with Crippen LogP contribution in [0.5, 0.6) is 0 Å². The molecule has 0 spiro atoms. The second kappa shape index (κ2) is 5.86. The van der Waals surface area contributed by atoms with E-state index in [4.69, 9.17) is 5.26 Å². The molecule has 0 saturated heterocycles. The van der Waals surface area contributed by atoms with Crippen molar-refractivity contribution in [3.8, 4) is 6.07 Å². The van der Waals surface area contributed by atoms with E-state index in [9.17, 15) is 26.7 Å². The third-order valence-corrected chi connectivity index (χ3v) is 2.34. The van der Waals surface area contributed by atoms with E-state index in [-0.39, 0.29) is 12.7 Å². The highest BCUT2D eigenvalue weighted by Crippen LogP contribution is 2.38. The quantitative estimate of drug-likeness (QED) is 0.631. The summed E-state index contributed by atoms with van der Waals surface area (Å²) in [7, 11) is 0. The van der Waals surface area contributed by atoms with Crippen LogP contribution in [0.4, 0.5) is 22.0 Å². The molecule has 0 aliphatic rings. The van der Waals surface area contributed by atoms with Crippen molar-refractivity contribution in [1.29, 1.82) is 5.26 Å². The van der Waals surface area contributed by atoms with Gasteiger partial charge < -0.3 is 4.74 Å². The Kier molecular flexibility index (Phi) is 4.65. The van der Waals surface area contributed by atoms with Crippen LogP contribution in [-0.2, 0) is 10.9 Å². The van der Waals surface area contributed by atoms with Gasteiger partial charge in [0, 0.05) is 5.56 Å². The Labute approximate surface area is 110 Å².